The molecular formula is C98H92N38O10. The van der Waals surface area contributed by atoms with E-state index < -0.39 is 0 Å². The van der Waals surface area contributed by atoms with Crippen molar-refractivity contribution >= 4 is 153 Å². The molecule has 0 atom stereocenters. The smallest absolute Gasteiger partial charge is 0.321 e. The first-order valence-corrected chi connectivity index (χ1v) is 46.4. The van der Waals surface area contributed by atoms with Gasteiger partial charge in [0, 0.05) is 224 Å². The number of imidazole rings is 4. The number of amides is 9. The predicted molar refractivity (Wildman–Crippen MR) is 539 cm³/mol. The number of hydrogen-bond acceptors (Lipinski definition) is 31. The number of H-pyrrole nitrogens is 8. The molecule has 48 nitrogen and oxygen atoms in total. The number of ketones is 1. The van der Waals surface area contributed by atoms with Crippen molar-refractivity contribution in [2.45, 2.75) is 33.1 Å². The van der Waals surface area contributed by atoms with E-state index in [-0.39, 0.29) is 47.4 Å². The van der Waals surface area contributed by atoms with Gasteiger partial charge in [0.15, 0.2) is 45.9 Å². The number of carbonyl (C=O) groups is 8. The lowest BCUT2D eigenvalue weighted by Gasteiger charge is -2.32. The summed E-state index contributed by atoms with van der Waals surface area (Å²) in [6.07, 6.45) is 32.3. The standard InChI is InChI=1S/C26H24N8O3.C25H25N11O2.C25H23N9O3.C22H20N10O2/c1-2-18(35)10-17-4-3-15(11-28-17)16-9-19-23(32-33-24(19)29-12-16)25-30-21-14-27-13-20(22(21)31-25)26(36)34-5-7-37-8-6-34;1-26-24(37)18-12-28-13-19-20(18)32-23(31-19)21-17-8-15(10-29-22(17)34-33-21)14-7-16(11-27-9-14)30-25(38)36-5-3-35(2)4-6-36;1-2-20(35)29-16-7-14(9-26-11-16)15-8-17-22(32-33-23(17)28-10-15)24-30-19-13-27-12-18(21(19)31-24)25(36)34-3-5-37-6-4-34;1-23-21(33)15-9-25-10-16-17(15)29-20(28-16)18-14-5-12(7-26-19(14)31-30-18)11-4-13(8-24-6-11)27-22(34)32(2)3/h3-4,9,11-14H,2,5-8,10H2,1H3,(H,30,31)(H,29,32,33);7-13H,3-6H2,1-2H3,(H,26,37)(H,30,38)(H,31,32)(H,29,33,34);7-13H,2-6H2,1H3,(H,29,35)(H,30,31)(H,28,32,33);4-10H,1-3H3,(H,23,33)(H,27,34)(H,28,29)(H,26,30,31). The number of Topliss-reactive ketones (excluding diaryl/α,β-unsaturated/α-hetero) is 1. The number of nitrogens with zero attached hydrogens (tertiary/aromatic N) is 25. The number of pyridine rings is 12. The maximum absolute atomic E-state index is 13.2. The van der Waals surface area contributed by atoms with Gasteiger partial charge in [0.25, 0.3) is 23.6 Å². The molecule has 23 rings (SSSR count). The van der Waals surface area contributed by atoms with Crippen LogP contribution in [0.4, 0.5) is 26.7 Å². The van der Waals surface area contributed by atoms with Gasteiger partial charge in [0.05, 0.1) is 153 Å². The third kappa shape index (κ3) is 19.9. The first-order valence-electron chi connectivity index (χ1n) is 46.4. The van der Waals surface area contributed by atoms with Crippen molar-refractivity contribution in [2.75, 3.05) is 130 Å². The maximum Gasteiger partial charge on any atom is 0.321 e. The molecule has 20 aromatic heterocycles. The largest absolute Gasteiger partial charge is 0.378 e. The van der Waals surface area contributed by atoms with Crippen LogP contribution in [0.5, 0.6) is 0 Å². The second kappa shape index (κ2) is 41.4. The van der Waals surface area contributed by atoms with Crippen LogP contribution >= 0.6 is 0 Å². The van der Waals surface area contributed by atoms with Crippen LogP contribution in [-0.2, 0) is 25.5 Å². The van der Waals surface area contributed by atoms with Crippen molar-refractivity contribution in [2.24, 2.45) is 0 Å². The molecule has 3 aliphatic rings. The van der Waals surface area contributed by atoms with E-state index in [0.717, 1.165) is 84.8 Å². The molecule has 0 saturated carbocycles. The molecule has 20 aromatic rings. The van der Waals surface area contributed by atoms with Gasteiger partial charge in [-0.2, -0.15) is 20.4 Å². The molecular weight excluding hydrogens is 1870 g/mol. The number of hydrogen-bond donors (Lipinski definition) is 13. The number of aromatic amines is 8. The van der Waals surface area contributed by atoms with Crippen molar-refractivity contribution in [1.29, 1.82) is 0 Å². The van der Waals surface area contributed by atoms with Crippen LogP contribution < -0.4 is 26.6 Å². The van der Waals surface area contributed by atoms with Crippen LogP contribution in [0.1, 0.15) is 73.8 Å². The lowest BCUT2D eigenvalue weighted by molar-refractivity contribution is -0.118. The minimum Gasteiger partial charge on any atom is -0.378 e. The average Bonchev–Trinajstić information content (AvgIpc) is 1.63. The predicted octanol–water partition coefficient (Wildman–Crippen LogP) is 10.2. The van der Waals surface area contributed by atoms with Gasteiger partial charge in [-0.3, -0.25) is 89.0 Å². The zero-order chi connectivity index (χ0) is 101. The van der Waals surface area contributed by atoms with Gasteiger partial charge in [0.2, 0.25) is 5.91 Å². The number of ether oxygens (including phenoxy) is 2. The number of nitrogens with one attached hydrogen (secondary N) is 13. The van der Waals surface area contributed by atoms with Gasteiger partial charge in [-0.25, -0.2) is 49.5 Å². The molecule has 0 aliphatic carbocycles. The third-order valence-corrected chi connectivity index (χ3v) is 24.6. The number of fused-ring (bicyclic) bond motifs is 8. The molecule has 9 amide bonds. The minimum atomic E-state index is -0.275. The van der Waals surface area contributed by atoms with Crippen molar-refractivity contribution in [1.82, 2.24) is 176 Å². The summed E-state index contributed by atoms with van der Waals surface area (Å²) in [4.78, 5) is 192. The van der Waals surface area contributed by atoms with E-state index in [9.17, 15) is 38.4 Å². The second-order valence-electron chi connectivity index (χ2n) is 34.4. The summed E-state index contributed by atoms with van der Waals surface area (Å²) in [5.41, 5.74) is 19.9. The summed E-state index contributed by atoms with van der Waals surface area (Å²) in [5.74, 6) is 1.34. The van der Waals surface area contributed by atoms with E-state index in [0.29, 0.717) is 237 Å². The van der Waals surface area contributed by atoms with E-state index >= 15 is 0 Å². The molecule has 0 radical (unpaired) electrons. The highest BCUT2D eigenvalue weighted by molar-refractivity contribution is 6.10. The second-order valence-corrected chi connectivity index (χ2v) is 34.4. The van der Waals surface area contributed by atoms with Crippen LogP contribution in [-0.4, -0.2) is 326 Å². The lowest BCUT2D eigenvalue weighted by Crippen LogP contribution is -2.48. The Bertz CT molecular complexity index is 8410. The summed E-state index contributed by atoms with van der Waals surface area (Å²) < 4.78 is 10.7. The number of anilines is 3. The Hall–Kier alpha value is -19.0. The summed E-state index contributed by atoms with van der Waals surface area (Å²) in [7, 11) is 8.49. The Balaban J connectivity index is 0.000000118. The Morgan fingerprint density at radius 1 is 0.363 bits per heavy atom. The van der Waals surface area contributed by atoms with Gasteiger partial charge in [-0.15, -0.1) is 0 Å². The summed E-state index contributed by atoms with van der Waals surface area (Å²) >= 11 is 0. The molecule has 146 heavy (non-hydrogen) atoms. The first-order chi connectivity index (χ1) is 71.1. The van der Waals surface area contributed by atoms with Crippen molar-refractivity contribution in [3.8, 4) is 90.6 Å². The van der Waals surface area contributed by atoms with Crippen LogP contribution in [0.25, 0.3) is 179 Å². The summed E-state index contributed by atoms with van der Waals surface area (Å²) in [6.45, 7) is 10.9. The van der Waals surface area contributed by atoms with E-state index in [2.05, 4.69) is 162 Å². The molecule has 48 heteroatoms. The van der Waals surface area contributed by atoms with Crippen molar-refractivity contribution in [3.63, 3.8) is 0 Å². The highest BCUT2D eigenvalue weighted by atomic mass is 16.5. The molecule has 0 unspecified atom stereocenters. The fraction of sp³-hybridized carbons (Fsp3) is 0.224. The molecule has 13 N–H and O–H groups in total. The molecule has 23 heterocycles. The van der Waals surface area contributed by atoms with Crippen LogP contribution in [0, 0.1) is 0 Å². The minimum absolute atomic E-state index is 0.0875. The van der Waals surface area contributed by atoms with E-state index in [1.165, 1.54) is 17.3 Å². The molecule has 3 fully saturated rings. The SMILES string of the molecule is CCC(=O)Cc1ccc(-c2cnc3n[nH]c(-c4nc5c(C(=O)N6CCOCC6)cncc5[nH]4)c3c2)cn1.CCC(=O)Nc1cncc(-c2cnc3n[nH]c(-c4nc5c(C(=O)N6CCOCC6)cncc5[nH]4)c3c2)c1.CNC(=O)c1cncc2[nH]c(-c3[nH]nc4ncc(-c5cncc(NC(=O)N(C)C)c5)cc34)nc12.CNC(=O)c1cncc2[nH]c(-c3[nH]nc4ncc(-c5cncc(NC(=O)N6CCN(C)CC6)c5)cc34)nc12. The van der Waals surface area contributed by atoms with E-state index in [1.807, 2.05) is 68.6 Å². The summed E-state index contributed by atoms with van der Waals surface area (Å²) in [6, 6.07) is 16.7. The van der Waals surface area contributed by atoms with Gasteiger partial charge < -0.3 is 80.5 Å². The Morgan fingerprint density at radius 3 is 1.06 bits per heavy atom. The Morgan fingerprint density at radius 2 is 0.705 bits per heavy atom. The lowest BCUT2D eigenvalue weighted by atomic mass is 10.1. The number of morpholine rings is 2. The van der Waals surface area contributed by atoms with E-state index in [4.69, 9.17) is 19.4 Å². The zero-order valence-electron chi connectivity index (χ0n) is 79.5. The molecule has 3 saturated heterocycles. The molecule has 0 aromatic carbocycles. The summed E-state index contributed by atoms with van der Waals surface area (Å²) in [5, 5.41) is 46.0. The van der Waals surface area contributed by atoms with Gasteiger partial charge in [-0.1, -0.05) is 19.9 Å². The van der Waals surface area contributed by atoms with Gasteiger partial charge >= 0.3 is 12.1 Å². The monoisotopic (exact) mass is 1960 g/mol. The van der Waals surface area contributed by atoms with Gasteiger partial charge in [0.1, 0.15) is 50.6 Å². The first kappa shape index (κ1) is 94.6. The van der Waals surface area contributed by atoms with Crippen LogP contribution in [0.3, 0.4) is 0 Å². The quantitative estimate of drug-likeness (QED) is 0.0358. The maximum atomic E-state index is 13.2. The Labute approximate surface area is 825 Å². The fourth-order valence-corrected chi connectivity index (χ4v) is 16.7. The van der Waals surface area contributed by atoms with Crippen molar-refractivity contribution < 1.29 is 47.8 Å². The molecule has 0 bridgehead atoms. The molecule has 0 spiro atoms. The van der Waals surface area contributed by atoms with Gasteiger partial charge in [-0.05, 0) is 55.6 Å². The van der Waals surface area contributed by atoms with E-state index in [1.54, 1.807) is 155 Å². The highest BCUT2D eigenvalue weighted by Gasteiger charge is 2.30. The van der Waals surface area contributed by atoms with Crippen LogP contribution in [0.2, 0.25) is 0 Å². The molecule has 734 valence electrons. The highest BCUT2D eigenvalue weighted by Crippen LogP contribution is 2.37. The molecule has 3 aliphatic heterocycles. The third-order valence-electron chi connectivity index (χ3n) is 24.6. The topological polar surface area (TPSA) is 615 Å². The zero-order valence-corrected chi connectivity index (χ0v) is 79.5. The normalized spacial score (nSPS) is 13.3. The Kier molecular flexibility index (Phi) is 26.8. The number of piperazine rings is 1. The number of carbonyl (C=O) groups excluding carboxylic acids is 8. The van der Waals surface area contributed by atoms with Crippen molar-refractivity contribution in [3.05, 3.63) is 200 Å². The number of rotatable bonds is 19. The number of aromatic nitrogens is 28. The fourth-order valence-electron chi connectivity index (χ4n) is 16.7. The average molecular weight is 1960 g/mol. The van der Waals surface area contributed by atoms with Crippen LogP contribution in [0.15, 0.2) is 172 Å². The number of likely N-dealkylation sites (N-methyl/N-ethyl adjacent to an activating group) is 1. The number of urea groups is 2.